The number of rotatable bonds is 3. The molecule has 4 aliphatic heterocycles. The smallest absolute Gasteiger partial charge is 0.279 e. The van der Waals surface area contributed by atoms with Crippen molar-refractivity contribution in [1.82, 2.24) is 4.98 Å². The molecule has 0 radical (unpaired) electrons. The highest BCUT2D eigenvalue weighted by molar-refractivity contribution is 7.01. The van der Waals surface area contributed by atoms with E-state index in [4.69, 9.17) is 9.72 Å². The number of aromatic nitrogens is 1. The molecule has 0 saturated heterocycles. The van der Waals surface area contributed by atoms with Gasteiger partial charge in [-0.1, -0.05) is 103 Å². The number of benzene rings is 7. The number of para-hydroxylation sites is 5. The highest BCUT2D eigenvalue weighted by Gasteiger charge is 2.47. The molecule has 4 aliphatic rings. The molecule has 8 aromatic rings. The number of pyridine rings is 1. The van der Waals surface area contributed by atoms with E-state index in [1.165, 1.54) is 27.8 Å². The summed E-state index contributed by atoms with van der Waals surface area (Å²) in [6.07, 6.45) is 0. The highest BCUT2D eigenvalue weighted by atomic mass is 16.5. The van der Waals surface area contributed by atoms with E-state index in [0.29, 0.717) is 0 Å². The molecular weight excluding hydrogens is 658 g/mol. The summed E-state index contributed by atoms with van der Waals surface area (Å²) >= 11 is 0. The van der Waals surface area contributed by atoms with Crippen molar-refractivity contribution in [3.63, 3.8) is 0 Å². The maximum atomic E-state index is 7.02. The summed E-state index contributed by atoms with van der Waals surface area (Å²) in [6.45, 7) is -0.164. The summed E-state index contributed by atoms with van der Waals surface area (Å²) in [5.74, 6) is 2.62. The molecule has 7 heteroatoms. The zero-order valence-electron chi connectivity index (χ0n) is 29.2. The first kappa shape index (κ1) is 29.6. The Morgan fingerprint density at radius 1 is 0.370 bits per heavy atom. The van der Waals surface area contributed by atoms with Gasteiger partial charge in [-0.2, -0.15) is 0 Å². The Bertz CT molecular complexity index is 2800. The monoisotopic (exact) mass is 688 g/mol. The van der Waals surface area contributed by atoms with Crippen molar-refractivity contribution in [2.45, 2.75) is 0 Å². The van der Waals surface area contributed by atoms with E-state index in [2.05, 4.69) is 197 Å². The van der Waals surface area contributed by atoms with Crippen LogP contribution in [0, 0.1) is 0 Å². The van der Waals surface area contributed by atoms with Crippen LogP contribution in [0.1, 0.15) is 0 Å². The highest BCUT2D eigenvalue weighted by Crippen LogP contribution is 2.45. The molecule has 54 heavy (non-hydrogen) atoms. The van der Waals surface area contributed by atoms with E-state index in [9.17, 15) is 0 Å². The molecule has 0 aliphatic carbocycles. The Balaban J connectivity index is 1.13. The summed E-state index contributed by atoms with van der Waals surface area (Å²) in [6, 6.07) is 65.1. The van der Waals surface area contributed by atoms with Crippen LogP contribution < -0.4 is 52.3 Å². The topological polar surface area (TPSA) is 31.8 Å². The number of hydrogen-bond acceptors (Lipinski definition) is 5. The molecule has 0 fully saturated rings. The largest absolute Gasteiger partial charge is 0.457 e. The van der Waals surface area contributed by atoms with Crippen LogP contribution in [0.5, 0.6) is 11.5 Å². The lowest BCUT2D eigenvalue weighted by atomic mass is 9.32. The summed E-state index contributed by atoms with van der Waals surface area (Å²) in [5.41, 5.74) is 16.0. The van der Waals surface area contributed by atoms with Crippen molar-refractivity contribution in [2.75, 3.05) is 14.7 Å². The summed E-state index contributed by atoms with van der Waals surface area (Å²) in [4.78, 5) is 13.0. The molecule has 5 heterocycles. The Morgan fingerprint density at radius 2 is 0.833 bits per heavy atom. The lowest BCUT2D eigenvalue weighted by Gasteiger charge is -2.44. The van der Waals surface area contributed by atoms with Crippen LogP contribution in [0.25, 0.3) is 0 Å². The maximum absolute atomic E-state index is 7.02. The minimum absolute atomic E-state index is 0.0522. The molecule has 250 valence electrons. The molecule has 1 aromatic heterocycles. The number of anilines is 9. The van der Waals surface area contributed by atoms with Gasteiger partial charge in [-0.15, -0.1) is 0 Å². The minimum Gasteiger partial charge on any atom is -0.457 e. The van der Waals surface area contributed by atoms with Crippen molar-refractivity contribution < 1.29 is 4.74 Å². The second kappa shape index (κ2) is 11.3. The van der Waals surface area contributed by atoms with Gasteiger partial charge in [0.25, 0.3) is 13.4 Å². The van der Waals surface area contributed by atoms with Gasteiger partial charge in [-0.3, -0.25) is 4.90 Å². The maximum Gasteiger partial charge on any atom is 0.279 e. The fourth-order valence-corrected chi connectivity index (χ4v) is 9.36. The van der Waals surface area contributed by atoms with Crippen molar-refractivity contribution >= 4 is 97.6 Å². The van der Waals surface area contributed by atoms with Gasteiger partial charge in [0.2, 0.25) is 0 Å². The first-order chi connectivity index (χ1) is 26.8. The third-order valence-corrected chi connectivity index (χ3v) is 11.5. The lowest BCUT2D eigenvalue weighted by molar-refractivity contribution is 0.486. The number of hydrogen-bond donors (Lipinski definition) is 0. The average molecular weight is 688 g/mol. The van der Waals surface area contributed by atoms with E-state index in [1.807, 2.05) is 0 Å². The molecule has 12 rings (SSSR count). The van der Waals surface area contributed by atoms with Crippen LogP contribution in [-0.2, 0) is 0 Å². The predicted molar refractivity (Wildman–Crippen MR) is 224 cm³/mol. The zero-order chi connectivity index (χ0) is 35.3. The molecule has 0 N–H and O–H groups in total. The predicted octanol–water partition coefficient (Wildman–Crippen LogP) is 7.57. The Hall–Kier alpha value is -6.98. The average Bonchev–Trinajstić information content (AvgIpc) is 3.24. The third kappa shape index (κ3) is 4.04. The Labute approximate surface area is 314 Å². The van der Waals surface area contributed by atoms with Crippen molar-refractivity contribution in [3.8, 4) is 11.5 Å². The lowest BCUT2D eigenvalue weighted by Crippen LogP contribution is -2.64. The zero-order valence-corrected chi connectivity index (χ0v) is 29.2. The van der Waals surface area contributed by atoms with Gasteiger partial charge in [0.15, 0.2) is 0 Å². The van der Waals surface area contributed by atoms with Gasteiger partial charge >= 0.3 is 0 Å². The molecular formula is C47H30B2N4O. The summed E-state index contributed by atoms with van der Waals surface area (Å²) < 4.78 is 7.02. The van der Waals surface area contributed by atoms with E-state index in [0.717, 1.165) is 68.0 Å². The van der Waals surface area contributed by atoms with Crippen molar-refractivity contribution in [1.29, 1.82) is 0 Å². The molecule has 0 saturated carbocycles. The number of nitrogens with zero attached hydrogens (tertiary/aromatic N) is 4. The summed E-state index contributed by atoms with van der Waals surface area (Å²) in [7, 11) is 0. The molecule has 0 amide bonds. The molecule has 0 unspecified atom stereocenters. The van der Waals surface area contributed by atoms with Crippen molar-refractivity contribution in [2.24, 2.45) is 0 Å². The first-order valence-corrected chi connectivity index (χ1v) is 18.6. The van der Waals surface area contributed by atoms with Crippen molar-refractivity contribution in [3.05, 3.63) is 182 Å². The van der Waals surface area contributed by atoms with Crippen LogP contribution >= 0.6 is 0 Å². The molecule has 7 aromatic carbocycles. The van der Waals surface area contributed by atoms with E-state index in [-0.39, 0.29) is 13.4 Å². The van der Waals surface area contributed by atoms with Crippen LogP contribution in [0.4, 0.5) is 51.3 Å². The van der Waals surface area contributed by atoms with Crippen LogP contribution in [-0.4, -0.2) is 18.4 Å². The number of fused-ring (bicyclic) bond motifs is 8. The fraction of sp³-hybridized carbons (Fsp3) is 0. The van der Waals surface area contributed by atoms with Gasteiger partial charge in [0.05, 0.1) is 5.59 Å². The standard InChI is InChI=1S/C47H30B2N4O/c1-4-16-31(17-5-1)51-37-24-12-10-22-34(37)48-36-30-43-46(50-47(36)53(33-20-8-3-9-21-33)40-27-14-26-39(51)44(40)48)49-35-23-11-13-25-38(35)52(32-18-6-2-7-19-32)41-28-15-29-42(54-43)45(41)49/h1-30H. The first-order valence-electron chi connectivity index (χ1n) is 18.6. The van der Waals surface area contributed by atoms with Gasteiger partial charge < -0.3 is 14.5 Å². The van der Waals surface area contributed by atoms with E-state index >= 15 is 0 Å². The molecule has 0 atom stereocenters. The van der Waals surface area contributed by atoms with E-state index < -0.39 is 0 Å². The molecule has 0 spiro atoms. The third-order valence-electron chi connectivity index (χ3n) is 11.5. The van der Waals surface area contributed by atoms with Gasteiger partial charge in [-0.05, 0) is 106 Å². The fourth-order valence-electron chi connectivity index (χ4n) is 9.36. The van der Waals surface area contributed by atoms with E-state index in [1.54, 1.807) is 0 Å². The molecule has 5 nitrogen and oxygen atoms in total. The Kier molecular flexibility index (Phi) is 6.17. The van der Waals surface area contributed by atoms with Crippen LogP contribution in [0.3, 0.4) is 0 Å². The quantitative estimate of drug-likeness (QED) is 0.179. The van der Waals surface area contributed by atoms with Gasteiger partial charge in [0, 0.05) is 45.5 Å². The number of ether oxygens (including phenoxy) is 1. The second-order valence-corrected chi connectivity index (χ2v) is 14.3. The Morgan fingerprint density at radius 3 is 1.44 bits per heavy atom. The van der Waals surface area contributed by atoms with Crippen LogP contribution in [0.15, 0.2) is 182 Å². The summed E-state index contributed by atoms with van der Waals surface area (Å²) in [5, 5.41) is 0. The normalized spacial score (nSPS) is 13.9. The van der Waals surface area contributed by atoms with Gasteiger partial charge in [0.1, 0.15) is 17.3 Å². The second-order valence-electron chi connectivity index (χ2n) is 14.3. The minimum atomic E-state index is -0.112. The van der Waals surface area contributed by atoms with Crippen LogP contribution in [0.2, 0.25) is 0 Å². The van der Waals surface area contributed by atoms with Gasteiger partial charge in [-0.25, -0.2) is 4.98 Å². The SMILES string of the molecule is c1ccc(N2c3ccccc3B3c4nc5c(cc4Oc4cccc2c43)B2c3ccccc3N(c3ccccc3)c3cccc(c32)N5c2ccccc2)cc1. The molecule has 0 bridgehead atoms.